The van der Waals surface area contributed by atoms with Crippen LogP contribution in [0, 0.1) is 11.3 Å². The van der Waals surface area contributed by atoms with Crippen LogP contribution in [0.5, 0.6) is 0 Å². The Morgan fingerprint density at radius 1 is 1.33 bits per heavy atom. The van der Waals surface area contributed by atoms with Crippen molar-refractivity contribution in [3.8, 4) is 6.07 Å². The van der Waals surface area contributed by atoms with E-state index in [1.54, 1.807) is 18.2 Å². The molecule has 0 aliphatic rings. The largest absolute Gasteiger partial charge is 0.478 e. The summed E-state index contributed by atoms with van der Waals surface area (Å²) in [5, 5.41) is 20.4. The van der Waals surface area contributed by atoms with E-state index in [0.29, 0.717) is 11.6 Å². The summed E-state index contributed by atoms with van der Waals surface area (Å²) in [6.45, 7) is 0. The number of aromatic nitrogens is 2. The van der Waals surface area contributed by atoms with Crippen LogP contribution < -0.4 is 5.32 Å². The Hall–Kier alpha value is -2.94. The van der Waals surface area contributed by atoms with Gasteiger partial charge in [0.05, 0.1) is 5.56 Å². The first-order chi connectivity index (χ1) is 8.69. The molecule has 0 atom stereocenters. The molecule has 0 bridgehead atoms. The number of nitriles is 1. The minimum Gasteiger partial charge on any atom is -0.478 e. The second-order valence-corrected chi connectivity index (χ2v) is 3.38. The summed E-state index contributed by atoms with van der Waals surface area (Å²) in [6.07, 6.45) is 1.39. The Labute approximate surface area is 103 Å². The number of carbonyl (C=O) groups is 1. The zero-order valence-corrected chi connectivity index (χ0v) is 9.16. The fourth-order valence-corrected chi connectivity index (χ4v) is 1.33. The van der Waals surface area contributed by atoms with Gasteiger partial charge < -0.3 is 10.4 Å². The van der Waals surface area contributed by atoms with E-state index in [4.69, 9.17) is 10.4 Å². The van der Waals surface area contributed by atoms with Crippen molar-refractivity contribution < 1.29 is 9.90 Å². The van der Waals surface area contributed by atoms with Crippen molar-refractivity contribution in [2.75, 3.05) is 5.32 Å². The van der Waals surface area contributed by atoms with Gasteiger partial charge in [-0.2, -0.15) is 5.26 Å². The molecule has 0 fully saturated rings. The van der Waals surface area contributed by atoms with Crippen LogP contribution in [0.25, 0.3) is 0 Å². The maximum Gasteiger partial charge on any atom is 0.335 e. The molecule has 88 valence electrons. The third-order valence-electron chi connectivity index (χ3n) is 2.13. The van der Waals surface area contributed by atoms with Gasteiger partial charge in [0.2, 0.25) is 0 Å². The zero-order valence-electron chi connectivity index (χ0n) is 9.16. The molecule has 0 amide bonds. The van der Waals surface area contributed by atoms with Crippen molar-refractivity contribution >= 4 is 17.6 Å². The van der Waals surface area contributed by atoms with Crippen LogP contribution in [0.2, 0.25) is 0 Å². The molecule has 2 rings (SSSR count). The number of pyridine rings is 2. The second-order valence-electron chi connectivity index (χ2n) is 3.38. The average molecular weight is 240 g/mol. The van der Waals surface area contributed by atoms with Gasteiger partial charge in [-0.1, -0.05) is 6.07 Å². The summed E-state index contributed by atoms with van der Waals surface area (Å²) in [4.78, 5) is 18.8. The van der Waals surface area contributed by atoms with Crippen LogP contribution in [0.4, 0.5) is 11.6 Å². The highest BCUT2D eigenvalue weighted by atomic mass is 16.4. The maximum atomic E-state index is 10.8. The highest BCUT2D eigenvalue weighted by Crippen LogP contribution is 2.13. The van der Waals surface area contributed by atoms with Gasteiger partial charge in [-0.3, -0.25) is 0 Å². The van der Waals surface area contributed by atoms with E-state index >= 15 is 0 Å². The molecule has 2 aromatic rings. The van der Waals surface area contributed by atoms with Crippen LogP contribution in [0.3, 0.4) is 0 Å². The van der Waals surface area contributed by atoms with Gasteiger partial charge in [0.1, 0.15) is 23.4 Å². The van der Waals surface area contributed by atoms with E-state index in [2.05, 4.69) is 15.3 Å². The number of hydrogen-bond acceptors (Lipinski definition) is 5. The van der Waals surface area contributed by atoms with Gasteiger partial charge in [0.25, 0.3) is 0 Å². The molecule has 0 saturated carbocycles. The second kappa shape index (κ2) is 4.93. The number of nitrogens with zero attached hydrogens (tertiary/aromatic N) is 3. The van der Waals surface area contributed by atoms with Crippen LogP contribution in [0.15, 0.2) is 36.5 Å². The highest BCUT2D eigenvalue weighted by Gasteiger charge is 2.05. The predicted octanol–water partition coefficient (Wildman–Crippen LogP) is 1.79. The Morgan fingerprint density at radius 3 is 2.89 bits per heavy atom. The van der Waals surface area contributed by atoms with Crippen LogP contribution in [0.1, 0.15) is 16.1 Å². The number of nitrogens with one attached hydrogen (secondary N) is 1. The maximum absolute atomic E-state index is 10.8. The number of anilines is 2. The number of aromatic carboxylic acids is 1. The first-order valence-electron chi connectivity index (χ1n) is 5.02. The van der Waals surface area contributed by atoms with Gasteiger partial charge >= 0.3 is 5.97 Å². The normalized spacial score (nSPS) is 9.50. The monoisotopic (exact) mass is 240 g/mol. The van der Waals surface area contributed by atoms with E-state index < -0.39 is 5.97 Å². The fraction of sp³-hybridized carbons (Fsp3) is 0. The van der Waals surface area contributed by atoms with E-state index in [9.17, 15) is 4.79 Å². The number of hydrogen-bond donors (Lipinski definition) is 2. The van der Waals surface area contributed by atoms with Gasteiger partial charge in [0.15, 0.2) is 0 Å². The molecule has 0 aliphatic heterocycles. The molecule has 0 spiro atoms. The summed E-state index contributed by atoms with van der Waals surface area (Å²) in [7, 11) is 0. The highest BCUT2D eigenvalue weighted by molar-refractivity contribution is 5.88. The van der Waals surface area contributed by atoms with Crippen molar-refractivity contribution in [3.05, 3.63) is 47.8 Å². The summed E-state index contributed by atoms with van der Waals surface area (Å²) in [6, 6.07) is 9.62. The molecule has 0 unspecified atom stereocenters. The predicted molar refractivity (Wildman–Crippen MR) is 63.4 cm³/mol. The third kappa shape index (κ3) is 2.59. The van der Waals surface area contributed by atoms with E-state index in [0.717, 1.165) is 0 Å². The number of carboxylic acid groups (broad SMARTS) is 1. The molecule has 0 radical (unpaired) electrons. The van der Waals surface area contributed by atoms with Crippen molar-refractivity contribution in [1.82, 2.24) is 9.97 Å². The van der Waals surface area contributed by atoms with E-state index in [1.807, 2.05) is 6.07 Å². The topological polar surface area (TPSA) is 98.9 Å². The smallest absolute Gasteiger partial charge is 0.335 e. The standard InChI is InChI=1S/C12H8N4O2/c13-7-9-2-1-3-10(15-9)16-11-6-8(12(17)18)4-5-14-11/h1-6H,(H,17,18)(H,14,15,16). The molecular weight excluding hydrogens is 232 g/mol. The molecule has 6 heteroatoms. The zero-order chi connectivity index (χ0) is 13.0. The Bertz CT molecular complexity index is 634. The van der Waals surface area contributed by atoms with Crippen LogP contribution >= 0.6 is 0 Å². The van der Waals surface area contributed by atoms with E-state index in [-0.39, 0.29) is 11.3 Å². The molecular formula is C12H8N4O2. The minimum atomic E-state index is -1.03. The fourth-order valence-electron chi connectivity index (χ4n) is 1.33. The van der Waals surface area contributed by atoms with Gasteiger partial charge in [-0.25, -0.2) is 14.8 Å². The summed E-state index contributed by atoms with van der Waals surface area (Å²) in [5.41, 5.74) is 0.401. The first kappa shape index (κ1) is 11.5. The lowest BCUT2D eigenvalue weighted by Gasteiger charge is -2.05. The van der Waals surface area contributed by atoms with Crippen molar-refractivity contribution in [1.29, 1.82) is 5.26 Å². The summed E-state index contributed by atoms with van der Waals surface area (Å²) in [5.74, 6) is -0.235. The van der Waals surface area contributed by atoms with Crippen LogP contribution in [-0.4, -0.2) is 21.0 Å². The SMILES string of the molecule is N#Cc1cccc(Nc2cc(C(=O)O)ccn2)n1. The number of rotatable bonds is 3. The molecule has 2 N–H and O–H groups in total. The Morgan fingerprint density at radius 2 is 2.17 bits per heavy atom. The van der Waals surface area contributed by atoms with Crippen molar-refractivity contribution in [3.63, 3.8) is 0 Å². The lowest BCUT2D eigenvalue weighted by Crippen LogP contribution is -2.01. The summed E-state index contributed by atoms with van der Waals surface area (Å²) >= 11 is 0. The van der Waals surface area contributed by atoms with Crippen molar-refractivity contribution in [2.24, 2.45) is 0 Å². The lowest BCUT2D eigenvalue weighted by atomic mass is 10.2. The average Bonchev–Trinajstić information content (AvgIpc) is 2.39. The Balaban J connectivity index is 2.26. The minimum absolute atomic E-state index is 0.129. The van der Waals surface area contributed by atoms with Gasteiger partial charge in [0, 0.05) is 6.20 Å². The molecule has 0 saturated heterocycles. The number of carboxylic acids is 1. The molecule has 0 aliphatic carbocycles. The first-order valence-corrected chi connectivity index (χ1v) is 5.02. The molecule has 2 aromatic heterocycles. The molecule has 6 nitrogen and oxygen atoms in total. The summed E-state index contributed by atoms with van der Waals surface area (Å²) < 4.78 is 0. The molecule has 0 aromatic carbocycles. The molecule has 18 heavy (non-hydrogen) atoms. The molecule has 2 heterocycles. The third-order valence-corrected chi connectivity index (χ3v) is 2.13. The lowest BCUT2D eigenvalue weighted by molar-refractivity contribution is 0.0697. The Kier molecular flexibility index (Phi) is 3.16. The van der Waals surface area contributed by atoms with Crippen molar-refractivity contribution in [2.45, 2.75) is 0 Å². The van der Waals surface area contributed by atoms with Gasteiger partial charge in [-0.05, 0) is 24.3 Å². The van der Waals surface area contributed by atoms with Crippen LogP contribution in [-0.2, 0) is 0 Å². The van der Waals surface area contributed by atoms with Gasteiger partial charge in [-0.15, -0.1) is 0 Å². The quantitative estimate of drug-likeness (QED) is 0.848. The van der Waals surface area contributed by atoms with E-state index in [1.165, 1.54) is 18.3 Å².